The Labute approximate surface area is 91.1 Å². The zero-order chi connectivity index (χ0) is 11.5. The van der Waals surface area contributed by atoms with E-state index in [2.05, 4.69) is 0 Å². The molecule has 0 aromatic heterocycles. The van der Waals surface area contributed by atoms with E-state index in [9.17, 15) is 13.2 Å². The lowest BCUT2D eigenvalue weighted by molar-refractivity contribution is -0.127. The second kappa shape index (κ2) is 4.61. The maximum absolute atomic E-state index is 11.9. The molecule has 0 atom stereocenters. The zero-order valence-corrected chi connectivity index (χ0v) is 9.98. The van der Waals surface area contributed by atoms with Crippen LogP contribution in [0.4, 0.5) is 0 Å². The van der Waals surface area contributed by atoms with E-state index in [1.165, 1.54) is 0 Å². The molecular formula is C10H19NO3S. The zero-order valence-electron chi connectivity index (χ0n) is 9.16. The van der Waals surface area contributed by atoms with E-state index in [4.69, 9.17) is 5.73 Å². The third kappa shape index (κ3) is 3.28. The molecule has 4 nitrogen and oxygen atoms in total. The molecule has 1 fully saturated rings. The Morgan fingerprint density at radius 1 is 1.33 bits per heavy atom. The Hall–Kier alpha value is -0.420. The Morgan fingerprint density at radius 3 is 2.27 bits per heavy atom. The van der Waals surface area contributed by atoms with E-state index in [1.54, 1.807) is 0 Å². The Morgan fingerprint density at radius 2 is 1.87 bits per heavy atom. The standard InChI is InChI=1S/C10H19NO3S/c1-15(13,14)7-4-9(12)10(8-11)5-2-3-6-10/h2-8,11H2,1H3. The first kappa shape index (κ1) is 12.6. The molecule has 15 heavy (non-hydrogen) atoms. The summed E-state index contributed by atoms with van der Waals surface area (Å²) in [5.41, 5.74) is 5.23. The van der Waals surface area contributed by atoms with Gasteiger partial charge in [-0.25, -0.2) is 8.42 Å². The van der Waals surface area contributed by atoms with Crippen LogP contribution in [0.2, 0.25) is 0 Å². The first-order valence-corrected chi connectivity index (χ1v) is 7.37. The van der Waals surface area contributed by atoms with Crippen molar-refractivity contribution in [3.63, 3.8) is 0 Å². The number of sulfone groups is 1. The molecule has 2 N–H and O–H groups in total. The lowest BCUT2D eigenvalue weighted by atomic mass is 9.81. The van der Waals surface area contributed by atoms with Gasteiger partial charge in [-0.05, 0) is 12.8 Å². The van der Waals surface area contributed by atoms with Crippen LogP contribution >= 0.6 is 0 Å². The van der Waals surface area contributed by atoms with Crippen LogP contribution < -0.4 is 5.73 Å². The van der Waals surface area contributed by atoms with E-state index >= 15 is 0 Å². The summed E-state index contributed by atoms with van der Waals surface area (Å²) >= 11 is 0. The number of ketones is 1. The van der Waals surface area contributed by atoms with E-state index in [0.717, 1.165) is 31.9 Å². The number of carbonyl (C=O) groups is 1. The van der Waals surface area contributed by atoms with Crippen molar-refractivity contribution in [3.05, 3.63) is 0 Å². The van der Waals surface area contributed by atoms with Crippen LogP contribution in [-0.4, -0.2) is 32.8 Å². The molecule has 0 aromatic rings. The second-order valence-corrected chi connectivity index (χ2v) is 6.75. The van der Waals surface area contributed by atoms with Crippen LogP contribution in [0.15, 0.2) is 0 Å². The number of hydrogen-bond donors (Lipinski definition) is 1. The van der Waals surface area contributed by atoms with Crippen LogP contribution in [-0.2, 0) is 14.6 Å². The van der Waals surface area contributed by atoms with Crippen molar-refractivity contribution in [2.75, 3.05) is 18.6 Å². The fourth-order valence-electron chi connectivity index (χ4n) is 2.19. The van der Waals surface area contributed by atoms with Crippen molar-refractivity contribution in [2.24, 2.45) is 11.1 Å². The highest BCUT2D eigenvalue weighted by Gasteiger charge is 2.39. The fraction of sp³-hybridized carbons (Fsp3) is 0.900. The topological polar surface area (TPSA) is 77.2 Å². The average molecular weight is 233 g/mol. The molecule has 1 aliphatic rings. The molecular weight excluding hydrogens is 214 g/mol. The van der Waals surface area contributed by atoms with Gasteiger partial charge in [-0.2, -0.15) is 0 Å². The van der Waals surface area contributed by atoms with E-state index in [-0.39, 0.29) is 18.0 Å². The summed E-state index contributed by atoms with van der Waals surface area (Å²) in [4.78, 5) is 11.9. The van der Waals surface area contributed by atoms with Crippen molar-refractivity contribution < 1.29 is 13.2 Å². The van der Waals surface area contributed by atoms with Gasteiger partial charge in [-0.3, -0.25) is 4.79 Å². The summed E-state index contributed by atoms with van der Waals surface area (Å²) in [5.74, 6) is -0.0129. The van der Waals surface area contributed by atoms with Gasteiger partial charge < -0.3 is 5.73 Å². The van der Waals surface area contributed by atoms with Crippen LogP contribution in [0.25, 0.3) is 0 Å². The van der Waals surface area contributed by atoms with Gasteiger partial charge in [-0.15, -0.1) is 0 Å². The molecule has 1 saturated carbocycles. The highest BCUT2D eigenvalue weighted by Crippen LogP contribution is 2.38. The van der Waals surface area contributed by atoms with Crippen molar-refractivity contribution in [1.29, 1.82) is 0 Å². The van der Waals surface area contributed by atoms with Gasteiger partial charge in [0.05, 0.1) is 5.75 Å². The molecule has 0 saturated heterocycles. The summed E-state index contributed by atoms with van der Waals surface area (Å²) in [6.07, 6.45) is 4.99. The number of hydrogen-bond acceptors (Lipinski definition) is 4. The van der Waals surface area contributed by atoms with E-state index in [0.29, 0.717) is 6.54 Å². The van der Waals surface area contributed by atoms with Gasteiger partial charge in [-0.1, -0.05) is 12.8 Å². The fourth-order valence-corrected chi connectivity index (χ4v) is 2.75. The summed E-state index contributed by atoms with van der Waals surface area (Å²) in [6, 6.07) is 0. The predicted molar refractivity (Wildman–Crippen MR) is 59.3 cm³/mol. The minimum atomic E-state index is -3.05. The Balaban J connectivity index is 2.59. The van der Waals surface area contributed by atoms with Gasteiger partial charge in [0.2, 0.25) is 0 Å². The van der Waals surface area contributed by atoms with Gasteiger partial charge in [0.25, 0.3) is 0 Å². The predicted octanol–water partition coefficient (Wildman–Crippen LogP) is 0.509. The lowest BCUT2D eigenvalue weighted by Crippen LogP contribution is -2.36. The number of Topliss-reactive ketones (excluding diaryl/α,β-unsaturated/α-hetero) is 1. The van der Waals surface area contributed by atoms with Crippen molar-refractivity contribution in [1.82, 2.24) is 0 Å². The van der Waals surface area contributed by atoms with E-state index < -0.39 is 15.3 Å². The van der Waals surface area contributed by atoms with Crippen molar-refractivity contribution in [2.45, 2.75) is 32.1 Å². The molecule has 1 rings (SSSR count). The molecule has 5 heteroatoms. The molecule has 0 radical (unpaired) electrons. The number of nitrogens with two attached hydrogens (primary N) is 1. The summed E-state index contributed by atoms with van der Waals surface area (Å²) in [5, 5.41) is 0. The number of carbonyl (C=O) groups excluding carboxylic acids is 1. The molecule has 1 aliphatic carbocycles. The maximum Gasteiger partial charge on any atom is 0.147 e. The summed E-state index contributed by atoms with van der Waals surface area (Å²) in [7, 11) is -3.05. The molecule has 0 aliphatic heterocycles. The minimum Gasteiger partial charge on any atom is -0.329 e. The van der Waals surface area contributed by atoms with Crippen molar-refractivity contribution >= 4 is 15.6 Å². The van der Waals surface area contributed by atoms with Crippen LogP contribution in [0, 0.1) is 5.41 Å². The Bertz CT molecular complexity index is 329. The molecule has 0 unspecified atom stereocenters. The van der Waals surface area contributed by atoms with Gasteiger partial charge in [0.15, 0.2) is 0 Å². The molecule has 0 amide bonds. The summed E-state index contributed by atoms with van der Waals surface area (Å²) < 4.78 is 21.9. The highest BCUT2D eigenvalue weighted by atomic mass is 32.2. The van der Waals surface area contributed by atoms with Gasteiger partial charge in [0, 0.05) is 24.6 Å². The highest BCUT2D eigenvalue weighted by molar-refractivity contribution is 7.90. The van der Waals surface area contributed by atoms with E-state index in [1.807, 2.05) is 0 Å². The third-order valence-corrected chi connectivity index (χ3v) is 4.19. The summed E-state index contributed by atoms with van der Waals surface area (Å²) in [6.45, 7) is 0.357. The number of rotatable bonds is 5. The second-order valence-electron chi connectivity index (χ2n) is 4.49. The van der Waals surface area contributed by atoms with Crippen LogP contribution in [0.5, 0.6) is 0 Å². The van der Waals surface area contributed by atoms with Crippen LogP contribution in [0.1, 0.15) is 32.1 Å². The molecule has 0 bridgehead atoms. The van der Waals surface area contributed by atoms with Crippen molar-refractivity contribution in [3.8, 4) is 0 Å². The lowest BCUT2D eigenvalue weighted by Gasteiger charge is -2.25. The molecule has 0 heterocycles. The normalized spacial score (nSPS) is 20.4. The SMILES string of the molecule is CS(=O)(=O)CCC(=O)C1(CN)CCCC1. The average Bonchev–Trinajstić information content (AvgIpc) is 2.62. The smallest absolute Gasteiger partial charge is 0.147 e. The quantitative estimate of drug-likeness (QED) is 0.750. The Kier molecular flexibility index (Phi) is 3.89. The minimum absolute atomic E-state index is 0.0351. The van der Waals surface area contributed by atoms with Gasteiger partial charge >= 0.3 is 0 Å². The monoisotopic (exact) mass is 233 g/mol. The molecule has 0 spiro atoms. The first-order chi connectivity index (χ1) is 6.90. The maximum atomic E-state index is 11.9. The largest absolute Gasteiger partial charge is 0.329 e. The molecule has 0 aromatic carbocycles. The third-order valence-electron chi connectivity index (χ3n) is 3.24. The van der Waals surface area contributed by atoms with Crippen LogP contribution in [0.3, 0.4) is 0 Å². The first-order valence-electron chi connectivity index (χ1n) is 5.31. The molecule has 88 valence electrons. The van der Waals surface area contributed by atoms with Gasteiger partial charge in [0.1, 0.15) is 15.6 Å².